The van der Waals surface area contributed by atoms with Crippen LogP contribution in [0.15, 0.2) is 0 Å². The average molecular weight is 269 g/mol. The number of sulfonamides is 1. The number of nitrogens with zero attached hydrogens (tertiary/aromatic N) is 2. The molecule has 1 heterocycles. The summed E-state index contributed by atoms with van der Waals surface area (Å²) in [5, 5.41) is 0. The maximum Gasteiger partial charge on any atom is 0.211 e. The molecule has 4 nitrogen and oxygen atoms in total. The molecule has 1 aliphatic rings. The molecular formula is C10H21ClN2O2S. The maximum atomic E-state index is 11.4. The van der Waals surface area contributed by atoms with E-state index in [9.17, 15) is 8.42 Å². The SMILES string of the molecule is CN(CCCl)CC1CCCN(S(C)(=O)=O)C1. The highest BCUT2D eigenvalue weighted by Gasteiger charge is 2.26. The van der Waals surface area contributed by atoms with Gasteiger partial charge in [-0.15, -0.1) is 11.6 Å². The highest BCUT2D eigenvalue weighted by molar-refractivity contribution is 7.88. The Kier molecular flexibility index (Phi) is 5.50. The molecule has 0 aromatic rings. The molecule has 6 heteroatoms. The molecule has 1 atom stereocenters. The van der Waals surface area contributed by atoms with Crippen LogP contribution in [-0.2, 0) is 10.0 Å². The van der Waals surface area contributed by atoms with Crippen molar-refractivity contribution in [1.82, 2.24) is 9.21 Å². The summed E-state index contributed by atoms with van der Waals surface area (Å²) in [6, 6.07) is 0. The molecule has 0 bridgehead atoms. The summed E-state index contributed by atoms with van der Waals surface area (Å²) in [5.74, 6) is 1.07. The van der Waals surface area contributed by atoms with Crippen molar-refractivity contribution in [2.45, 2.75) is 12.8 Å². The minimum absolute atomic E-state index is 0.441. The fourth-order valence-electron chi connectivity index (χ4n) is 2.15. The van der Waals surface area contributed by atoms with Gasteiger partial charge in [-0.3, -0.25) is 0 Å². The topological polar surface area (TPSA) is 40.6 Å². The zero-order valence-electron chi connectivity index (χ0n) is 10.0. The minimum atomic E-state index is -3.02. The molecule has 1 rings (SSSR count). The molecule has 0 N–H and O–H groups in total. The normalized spacial score (nSPS) is 23.9. The van der Waals surface area contributed by atoms with Gasteiger partial charge in [-0.1, -0.05) is 0 Å². The van der Waals surface area contributed by atoms with Crippen molar-refractivity contribution in [1.29, 1.82) is 0 Å². The van der Waals surface area contributed by atoms with E-state index >= 15 is 0 Å². The second-order valence-corrected chi connectivity index (χ2v) is 6.94. The summed E-state index contributed by atoms with van der Waals surface area (Å²) in [6.45, 7) is 3.12. The van der Waals surface area contributed by atoms with Gasteiger partial charge in [-0.25, -0.2) is 12.7 Å². The first-order valence-corrected chi connectivity index (χ1v) is 8.01. The van der Waals surface area contributed by atoms with Crippen molar-refractivity contribution in [2.24, 2.45) is 5.92 Å². The fourth-order valence-corrected chi connectivity index (χ4v) is 3.38. The van der Waals surface area contributed by atoms with Crippen LogP contribution in [0.25, 0.3) is 0 Å². The molecule has 1 fully saturated rings. The van der Waals surface area contributed by atoms with Gasteiger partial charge >= 0.3 is 0 Å². The van der Waals surface area contributed by atoms with Crippen molar-refractivity contribution in [3.8, 4) is 0 Å². The van der Waals surface area contributed by atoms with Gasteiger partial charge in [-0.05, 0) is 25.8 Å². The number of halogens is 1. The van der Waals surface area contributed by atoms with Crippen LogP contribution in [-0.4, -0.2) is 63.0 Å². The van der Waals surface area contributed by atoms with E-state index in [0.717, 1.165) is 25.9 Å². The van der Waals surface area contributed by atoms with Gasteiger partial charge in [0.25, 0.3) is 0 Å². The number of piperidine rings is 1. The van der Waals surface area contributed by atoms with Gasteiger partial charge in [0.05, 0.1) is 6.26 Å². The first-order chi connectivity index (χ1) is 7.43. The van der Waals surface area contributed by atoms with Crippen molar-refractivity contribution in [3.05, 3.63) is 0 Å². The van der Waals surface area contributed by atoms with Crippen LogP contribution in [0, 0.1) is 5.92 Å². The summed E-state index contributed by atoms with van der Waals surface area (Å²) >= 11 is 5.67. The Hall–Kier alpha value is 0.160. The van der Waals surface area contributed by atoms with E-state index < -0.39 is 10.0 Å². The monoisotopic (exact) mass is 268 g/mol. The summed E-state index contributed by atoms with van der Waals surface area (Å²) < 4.78 is 24.5. The fraction of sp³-hybridized carbons (Fsp3) is 1.00. The molecule has 0 saturated carbocycles. The van der Waals surface area contributed by atoms with Crippen LogP contribution in [0.5, 0.6) is 0 Å². The van der Waals surface area contributed by atoms with Crippen LogP contribution in [0.3, 0.4) is 0 Å². The van der Waals surface area contributed by atoms with Gasteiger partial charge in [-0.2, -0.15) is 0 Å². The van der Waals surface area contributed by atoms with E-state index in [1.54, 1.807) is 4.31 Å². The molecule has 0 radical (unpaired) electrons. The predicted molar refractivity (Wildman–Crippen MR) is 67.4 cm³/mol. The van der Waals surface area contributed by atoms with E-state index in [1.807, 2.05) is 7.05 Å². The van der Waals surface area contributed by atoms with Crippen molar-refractivity contribution in [3.63, 3.8) is 0 Å². The van der Waals surface area contributed by atoms with Crippen LogP contribution < -0.4 is 0 Å². The summed E-state index contributed by atoms with van der Waals surface area (Å²) in [4.78, 5) is 2.17. The van der Waals surface area contributed by atoms with Crippen LogP contribution >= 0.6 is 11.6 Å². The van der Waals surface area contributed by atoms with Gasteiger partial charge < -0.3 is 4.90 Å². The lowest BCUT2D eigenvalue weighted by Gasteiger charge is -2.33. The quantitative estimate of drug-likeness (QED) is 0.694. The van der Waals surface area contributed by atoms with E-state index in [1.165, 1.54) is 6.26 Å². The Balaban J connectivity index is 2.45. The van der Waals surface area contributed by atoms with Gasteiger partial charge in [0, 0.05) is 32.1 Å². The van der Waals surface area contributed by atoms with E-state index in [-0.39, 0.29) is 0 Å². The molecule has 1 aliphatic heterocycles. The average Bonchev–Trinajstić information content (AvgIpc) is 2.17. The molecule has 16 heavy (non-hydrogen) atoms. The van der Waals surface area contributed by atoms with Crippen LogP contribution in [0.1, 0.15) is 12.8 Å². The molecule has 0 aliphatic carbocycles. The molecule has 0 spiro atoms. The molecule has 96 valence electrons. The molecule has 0 amide bonds. The smallest absolute Gasteiger partial charge is 0.211 e. The largest absolute Gasteiger partial charge is 0.305 e. The Morgan fingerprint density at radius 3 is 2.75 bits per heavy atom. The molecule has 1 unspecified atom stereocenters. The Morgan fingerprint density at radius 1 is 1.50 bits per heavy atom. The highest BCUT2D eigenvalue weighted by Crippen LogP contribution is 2.19. The summed E-state index contributed by atoms with van der Waals surface area (Å²) in [6.07, 6.45) is 3.36. The third-order valence-electron chi connectivity index (χ3n) is 2.99. The third kappa shape index (κ3) is 4.57. The Bertz CT molecular complexity index is 308. The van der Waals surface area contributed by atoms with Gasteiger partial charge in [0.1, 0.15) is 0 Å². The molecule has 0 aromatic heterocycles. The molecular weight excluding hydrogens is 248 g/mol. The predicted octanol–water partition coefficient (Wildman–Crippen LogP) is 0.829. The van der Waals surface area contributed by atoms with Crippen LogP contribution in [0.4, 0.5) is 0 Å². The van der Waals surface area contributed by atoms with Crippen molar-refractivity contribution in [2.75, 3.05) is 45.4 Å². The van der Waals surface area contributed by atoms with Gasteiger partial charge in [0.2, 0.25) is 10.0 Å². The summed E-state index contributed by atoms with van der Waals surface area (Å²) in [7, 11) is -0.989. The first kappa shape index (κ1) is 14.2. The van der Waals surface area contributed by atoms with E-state index in [2.05, 4.69) is 4.90 Å². The zero-order chi connectivity index (χ0) is 12.2. The molecule has 0 aromatic carbocycles. The second-order valence-electron chi connectivity index (χ2n) is 4.58. The lowest BCUT2D eigenvalue weighted by molar-refractivity contribution is 0.206. The third-order valence-corrected chi connectivity index (χ3v) is 4.43. The van der Waals surface area contributed by atoms with Crippen molar-refractivity contribution < 1.29 is 8.42 Å². The first-order valence-electron chi connectivity index (χ1n) is 5.63. The zero-order valence-corrected chi connectivity index (χ0v) is 11.6. The highest BCUT2D eigenvalue weighted by atomic mass is 35.5. The Labute approximate surface area is 104 Å². The second kappa shape index (κ2) is 6.19. The lowest BCUT2D eigenvalue weighted by atomic mass is 9.99. The number of rotatable bonds is 5. The lowest BCUT2D eigenvalue weighted by Crippen LogP contribution is -2.42. The van der Waals surface area contributed by atoms with Crippen LogP contribution in [0.2, 0.25) is 0 Å². The number of hydrogen-bond donors (Lipinski definition) is 0. The number of alkyl halides is 1. The minimum Gasteiger partial charge on any atom is -0.305 e. The van der Waals surface area contributed by atoms with Crippen molar-refractivity contribution >= 4 is 21.6 Å². The van der Waals surface area contributed by atoms with E-state index in [0.29, 0.717) is 24.9 Å². The summed E-state index contributed by atoms with van der Waals surface area (Å²) in [5.41, 5.74) is 0. The van der Waals surface area contributed by atoms with E-state index in [4.69, 9.17) is 11.6 Å². The van der Waals surface area contributed by atoms with Gasteiger partial charge in [0.15, 0.2) is 0 Å². The molecule has 1 saturated heterocycles. The standard InChI is InChI=1S/C10H21ClN2O2S/c1-12(7-5-11)8-10-4-3-6-13(9-10)16(2,14)15/h10H,3-9H2,1-2H3. The maximum absolute atomic E-state index is 11.4. The number of hydrogen-bond acceptors (Lipinski definition) is 3. The Morgan fingerprint density at radius 2 is 2.19 bits per heavy atom.